The van der Waals surface area contributed by atoms with Gasteiger partial charge in [-0.3, -0.25) is 0 Å². The standard InChI is InChI=1S/C12H16BrFN2/c1-16(7-6-15-10-3-4-10)12-8-9(13)2-5-11(12)14/h2,5,8,10,15H,3-4,6-7H2,1H3. The zero-order valence-corrected chi connectivity index (χ0v) is 10.9. The quantitative estimate of drug-likeness (QED) is 0.896. The van der Waals surface area contributed by atoms with Crippen LogP contribution in [0.3, 0.4) is 0 Å². The van der Waals surface area contributed by atoms with Gasteiger partial charge < -0.3 is 10.2 Å². The Kier molecular flexibility index (Phi) is 3.82. The number of benzene rings is 1. The van der Waals surface area contributed by atoms with E-state index in [4.69, 9.17) is 0 Å². The molecule has 16 heavy (non-hydrogen) atoms. The van der Waals surface area contributed by atoms with Crippen LogP contribution in [0.1, 0.15) is 12.8 Å². The van der Waals surface area contributed by atoms with Gasteiger partial charge in [0, 0.05) is 30.7 Å². The van der Waals surface area contributed by atoms with Crippen LogP contribution in [0.2, 0.25) is 0 Å². The van der Waals surface area contributed by atoms with Crippen LogP contribution in [-0.2, 0) is 0 Å². The molecule has 1 aromatic rings. The summed E-state index contributed by atoms with van der Waals surface area (Å²) < 4.78 is 14.4. The Morgan fingerprint density at radius 3 is 2.94 bits per heavy atom. The fraction of sp³-hybridized carbons (Fsp3) is 0.500. The minimum Gasteiger partial charge on any atom is -0.371 e. The van der Waals surface area contributed by atoms with Crippen molar-refractivity contribution in [2.75, 3.05) is 25.0 Å². The molecule has 1 aromatic carbocycles. The summed E-state index contributed by atoms with van der Waals surface area (Å²) in [4.78, 5) is 1.94. The Morgan fingerprint density at radius 1 is 1.50 bits per heavy atom. The van der Waals surface area contributed by atoms with Crippen molar-refractivity contribution < 1.29 is 4.39 Å². The number of nitrogens with one attached hydrogen (secondary N) is 1. The zero-order chi connectivity index (χ0) is 11.5. The van der Waals surface area contributed by atoms with Crippen molar-refractivity contribution in [2.45, 2.75) is 18.9 Å². The van der Waals surface area contributed by atoms with Crippen molar-refractivity contribution >= 4 is 21.6 Å². The highest BCUT2D eigenvalue weighted by Crippen LogP contribution is 2.23. The van der Waals surface area contributed by atoms with Gasteiger partial charge in [0.25, 0.3) is 0 Å². The Morgan fingerprint density at radius 2 is 2.25 bits per heavy atom. The monoisotopic (exact) mass is 286 g/mol. The van der Waals surface area contributed by atoms with Crippen LogP contribution < -0.4 is 10.2 Å². The van der Waals surface area contributed by atoms with Gasteiger partial charge in [0.2, 0.25) is 0 Å². The van der Waals surface area contributed by atoms with E-state index in [1.807, 2.05) is 18.0 Å². The summed E-state index contributed by atoms with van der Waals surface area (Å²) in [6, 6.07) is 5.73. The van der Waals surface area contributed by atoms with Crippen LogP contribution in [0.4, 0.5) is 10.1 Å². The molecule has 1 fully saturated rings. The minimum atomic E-state index is -0.169. The van der Waals surface area contributed by atoms with E-state index >= 15 is 0 Å². The first-order valence-electron chi connectivity index (χ1n) is 5.56. The summed E-state index contributed by atoms with van der Waals surface area (Å²) >= 11 is 3.36. The largest absolute Gasteiger partial charge is 0.371 e. The van der Waals surface area contributed by atoms with Crippen molar-refractivity contribution in [3.05, 3.63) is 28.5 Å². The normalized spacial score (nSPS) is 15.2. The number of hydrogen-bond donors (Lipinski definition) is 1. The number of hydrogen-bond acceptors (Lipinski definition) is 2. The van der Waals surface area contributed by atoms with E-state index in [1.54, 1.807) is 6.07 Å². The second-order valence-electron chi connectivity index (χ2n) is 4.25. The Hall–Kier alpha value is -0.610. The number of nitrogens with zero attached hydrogens (tertiary/aromatic N) is 1. The van der Waals surface area contributed by atoms with E-state index in [0.29, 0.717) is 11.7 Å². The summed E-state index contributed by atoms with van der Waals surface area (Å²) in [5.41, 5.74) is 0.645. The van der Waals surface area contributed by atoms with Crippen molar-refractivity contribution in [1.29, 1.82) is 0 Å². The topological polar surface area (TPSA) is 15.3 Å². The molecule has 2 rings (SSSR count). The van der Waals surface area contributed by atoms with Crippen molar-refractivity contribution in [1.82, 2.24) is 5.32 Å². The van der Waals surface area contributed by atoms with E-state index in [1.165, 1.54) is 18.9 Å². The Bertz CT molecular complexity index is 366. The van der Waals surface area contributed by atoms with Gasteiger partial charge in [-0.15, -0.1) is 0 Å². The number of rotatable bonds is 5. The van der Waals surface area contributed by atoms with Gasteiger partial charge in [-0.2, -0.15) is 0 Å². The maximum Gasteiger partial charge on any atom is 0.146 e. The molecule has 1 N–H and O–H groups in total. The van der Waals surface area contributed by atoms with Gasteiger partial charge in [-0.25, -0.2) is 4.39 Å². The molecular formula is C12H16BrFN2. The average molecular weight is 287 g/mol. The highest BCUT2D eigenvalue weighted by atomic mass is 79.9. The van der Waals surface area contributed by atoms with Gasteiger partial charge in [-0.1, -0.05) is 15.9 Å². The Balaban J connectivity index is 1.90. The molecule has 0 aliphatic heterocycles. The molecule has 0 radical (unpaired) electrons. The number of halogens is 2. The number of likely N-dealkylation sites (N-methyl/N-ethyl adjacent to an activating group) is 1. The van der Waals surface area contributed by atoms with Crippen molar-refractivity contribution in [3.8, 4) is 0 Å². The molecule has 1 saturated carbocycles. The summed E-state index contributed by atoms with van der Waals surface area (Å²) in [6.45, 7) is 1.73. The molecule has 0 spiro atoms. The minimum absolute atomic E-state index is 0.169. The third-order valence-electron chi connectivity index (χ3n) is 2.78. The lowest BCUT2D eigenvalue weighted by Crippen LogP contribution is -2.30. The van der Waals surface area contributed by atoms with E-state index in [0.717, 1.165) is 17.6 Å². The van der Waals surface area contributed by atoms with Crippen LogP contribution in [0.25, 0.3) is 0 Å². The van der Waals surface area contributed by atoms with E-state index in [-0.39, 0.29) is 5.82 Å². The average Bonchev–Trinajstić information content (AvgIpc) is 3.05. The molecule has 0 amide bonds. The lowest BCUT2D eigenvalue weighted by molar-refractivity contribution is 0.615. The fourth-order valence-electron chi connectivity index (χ4n) is 1.62. The maximum absolute atomic E-state index is 13.5. The lowest BCUT2D eigenvalue weighted by Gasteiger charge is -2.20. The molecule has 4 heteroatoms. The first-order valence-corrected chi connectivity index (χ1v) is 6.35. The van der Waals surface area contributed by atoms with Gasteiger partial charge in [0.1, 0.15) is 5.82 Å². The SMILES string of the molecule is CN(CCNC1CC1)c1cc(Br)ccc1F. The highest BCUT2D eigenvalue weighted by Gasteiger charge is 2.20. The Labute approximate surface area is 104 Å². The summed E-state index contributed by atoms with van der Waals surface area (Å²) in [6.07, 6.45) is 2.57. The molecular weight excluding hydrogens is 271 g/mol. The van der Waals surface area contributed by atoms with Crippen molar-refractivity contribution in [3.63, 3.8) is 0 Å². The van der Waals surface area contributed by atoms with Crippen LogP contribution in [0, 0.1) is 5.82 Å². The second kappa shape index (κ2) is 5.15. The predicted molar refractivity (Wildman–Crippen MR) is 68.4 cm³/mol. The van der Waals surface area contributed by atoms with Gasteiger partial charge in [-0.05, 0) is 31.0 Å². The summed E-state index contributed by atoms with van der Waals surface area (Å²) in [5, 5.41) is 3.42. The second-order valence-corrected chi connectivity index (χ2v) is 5.16. The lowest BCUT2D eigenvalue weighted by atomic mass is 10.3. The van der Waals surface area contributed by atoms with Crippen LogP contribution in [0.15, 0.2) is 22.7 Å². The number of anilines is 1. The molecule has 1 aliphatic carbocycles. The van der Waals surface area contributed by atoms with Gasteiger partial charge in [0.05, 0.1) is 5.69 Å². The van der Waals surface area contributed by atoms with Crippen LogP contribution in [-0.4, -0.2) is 26.2 Å². The molecule has 0 heterocycles. The first kappa shape index (κ1) is 11.9. The van der Waals surface area contributed by atoms with E-state index in [9.17, 15) is 4.39 Å². The molecule has 0 bridgehead atoms. The molecule has 1 aliphatic rings. The van der Waals surface area contributed by atoms with Gasteiger partial charge in [0.15, 0.2) is 0 Å². The van der Waals surface area contributed by atoms with Crippen LogP contribution in [0.5, 0.6) is 0 Å². The molecule has 2 nitrogen and oxygen atoms in total. The molecule has 0 unspecified atom stereocenters. The van der Waals surface area contributed by atoms with E-state index in [2.05, 4.69) is 21.2 Å². The highest BCUT2D eigenvalue weighted by molar-refractivity contribution is 9.10. The smallest absolute Gasteiger partial charge is 0.146 e. The third kappa shape index (κ3) is 3.19. The van der Waals surface area contributed by atoms with Gasteiger partial charge >= 0.3 is 0 Å². The fourth-order valence-corrected chi connectivity index (χ4v) is 1.97. The predicted octanol–water partition coefficient (Wildman–Crippen LogP) is 2.78. The molecule has 0 atom stereocenters. The van der Waals surface area contributed by atoms with Crippen LogP contribution >= 0.6 is 15.9 Å². The molecule has 88 valence electrons. The summed E-state index contributed by atoms with van der Waals surface area (Å²) in [7, 11) is 1.92. The van der Waals surface area contributed by atoms with E-state index < -0.39 is 0 Å². The first-order chi connectivity index (χ1) is 7.66. The summed E-state index contributed by atoms with van der Waals surface area (Å²) in [5.74, 6) is -0.169. The maximum atomic E-state index is 13.5. The van der Waals surface area contributed by atoms with Crippen molar-refractivity contribution in [2.24, 2.45) is 0 Å². The zero-order valence-electron chi connectivity index (χ0n) is 9.34. The molecule has 0 aromatic heterocycles. The third-order valence-corrected chi connectivity index (χ3v) is 3.27. The molecule has 0 saturated heterocycles.